The summed E-state index contributed by atoms with van der Waals surface area (Å²) in [4.78, 5) is 49.8. The molecule has 10 heteroatoms. The van der Waals surface area contributed by atoms with E-state index in [9.17, 15) is 24.3 Å². The fourth-order valence-corrected chi connectivity index (χ4v) is 5.39. The second kappa shape index (κ2) is 15.2. The van der Waals surface area contributed by atoms with Crippen LogP contribution in [0.1, 0.15) is 75.1 Å². The normalized spacial score (nSPS) is 13.5. The van der Waals surface area contributed by atoms with Gasteiger partial charge in [-0.1, -0.05) is 78.9 Å². The Bertz CT molecular complexity index is 1440. The van der Waals surface area contributed by atoms with E-state index < -0.39 is 41.7 Å². The molecule has 0 saturated heterocycles. The third-order valence-electron chi connectivity index (χ3n) is 7.45. The van der Waals surface area contributed by atoms with Crippen molar-refractivity contribution in [2.75, 3.05) is 13.2 Å². The number of carbonyl (C=O) groups is 4. The van der Waals surface area contributed by atoms with E-state index in [4.69, 9.17) is 9.47 Å². The molecule has 3 amide bonds. The summed E-state index contributed by atoms with van der Waals surface area (Å²) in [6.07, 6.45) is -0.264. The van der Waals surface area contributed by atoms with Crippen molar-refractivity contribution in [2.24, 2.45) is 0 Å². The molecule has 3 aromatic carbocycles. The average molecular weight is 616 g/mol. The molecule has 0 aliphatic heterocycles. The van der Waals surface area contributed by atoms with E-state index in [1.807, 2.05) is 42.5 Å². The van der Waals surface area contributed by atoms with Gasteiger partial charge < -0.3 is 30.5 Å². The molecule has 4 rings (SSSR count). The molecule has 10 nitrogen and oxygen atoms in total. The number of nitrogens with one attached hydrogen (secondary N) is 3. The molecule has 1 unspecified atom stereocenters. The van der Waals surface area contributed by atoms with Gasteiger partial charge in [-0.3, -0.25) is 4.79 Å². The minimum absolute atomic E-state index is 0.114. The molecule has 0 bridgehead atoms. The molecule has 1 aliphatic carbocycles. The number of carbonyl (C=O) groups excluding carboxylic acids is 3. The number of carboxylic acid groups (broad SMARTS) is 1. The van der Waals surface area contributed by atoms with Crippen molar-refractivity contribution in [3.63, 3.8) is 0 Å². The van der Waals surface area contributed by atoms with Crippen molar-refractivity contribution >= 4 is 24.1 Å². The third kappa shape index (κ3) is 9.56. The zero-order chi connectivity index (χ0) is 32.4. The second-order valence-electron chi connectivity index (χ2n) is 12.0. The molecule has 4 N–H and O–H groups in total. The number of carboxylic acids is 1. The Hall–Kier alpha value is -4.86. The van der Waals surface area contributed by atoms with Crippen molar-refractivity contribution in [3.8, 4) is 11.1 Å². The van der Waals surface area contributed by atoms with Crippen LogP contribution in [0.4, 0.5) is 9.59 Å². The molecule has 238 valence electrons. The maximum absolute atomic E-state index is 13.0. The zero-order valence-electron chi connectivity index (χ0n) is 25.9. The summed E-state index contributed by atoms with van der Waals surface area (Å²) < 4.78 is 10.9. The lowest BCUT2D eigenvalue weighted by Gasteiger charge is -2.21. The van der Waals surface area contributed by atoms with E-state index in [-0.39, 0.29) is 25.4 Å². The number of hydrogen-bond donors (Lipinski definition) is 4. The maximum atomic E-state index is 13.0. The van der Waals surface area contributed by atoms with Gasteiger partial charge in [0.25, 0.3) is 0 Å². The summed E-state index contributed by atoms with van der Waals surface area (Å²) >= 11 is 0. The van der Waals surface area contributed by atoms with Crippen LogP contribution in [0.2, 0.25) is 0 Å². The van der Waals surface area contributed by atoms with Gasteiger partial charge in [0, 0.05) is 12.5 Å². The first-order chi connectivity index (χ1) is 21.5. The van der Waals surface area contributed by atoms with E-state index in [1.54, 1.807) is 45.0 Å². The third-order valence-corrected chi connectivity index (χ3v) is 7.45. The predicted molar refractivity (Wildman–Crippen MR) is 170 cm³/mol. The Kier molecular flexibility index (Phi) is 11.2. The van der Waals surface area contributed by atoms with Crippen LogP contribution in [0.15, 0.2) is 78.9 Å². The lowest BCUT2D eigenvalue weighted by molar-refractivity contribution is -0.142. The zero-order valence-corrected chi connectivity index (χ0v) is 25.9. The highest BCUT2D eigenvalue weighted by Gasteiger charge is 2.30. The van der Waals surface area contributed by atoms with Crippen LogP contribution >= 0.6 is 0 Å². The first-order valence-corrected chi connectivity index (χ1v) is 15.2. The molecule has 0 heterocycles. The Morgan fingerprint density at radius 2 is 1.40 bits per heavy atom. The molecule has 0 spiro atoms. The number of aliphatic carboxylic acids is 1. The number of alkyl carbamates (subject to hydrolysis) is 2. The summed E-state index contributed by atoms with van der Waals surface area (Å²) in [6.45, 7) is 5.74. The summed E-state index contributed by atoms with van der Waals surface area (Å²) in [5, 5.41) is 17.7. The standard InChI is InChI=1S/C35H41N3O7/c1-35(2,3)45-33(42)36-20-12-11-19-29(32(40)41)37-31(39)21-30(23-13-5-4-6-14-23)38-34(43)44-22-28-26-17-9-7-15-24(26)25-16-8-10-18-27(25)28/h4-10,13-18,28-30H,11-12,19-22H2,1-3H3,(H,36,42)(H,37,39)(H,38,43)(H,40,41)/t29-,30?/m1/s1. The number of ether oxygens (including phenoxy) is 2. The van der Waals surface area contributed by atoms with Gasteiger partial charge in [-0.2, -0.15) is 0 Å². The van der Waals surface area contributed by atoms with Crippen LogP contribution in [0, 0.1) is 0 Å². The molecule has 3 aromatic rings. The first-order valence-electron chi connectivity index (χ1n) is 15.2. The smallest absolute Gasteiger partial charge is 0.407 e. The first kappa shape index (κ1) is 33.0. The summed E-state index contributed by atoms with van der Waals surface area (Å²) in [5.74, 6) is -1.80. The molecule has 2 atom stereocenters. The highest BCUT2D eigenvalue weighted by atomic mass is 16.6. The summed E-state index contributed by atoms with van der Waals surface area (Å²) in [5.41, 5.74) is 4.49. The molecular formula is C35H41N3O7. The van der Waals surface area contributed by atoms with Crippen LogP contribution in [-0.2, 0) is 19.1 Å². The van der Waals surface area contributed by atoms with E-state index in [0.717, 1.165) is 22.3 Å². The lowest BCUT2D eigenvalue weighted by Crippen LogP contribution is -2.42. The number of benzene rings is 3. The van der Waals surface area contributed by atoms with E-state index >= 15 is 0 Å². The van der Waals surface area contributed by atoms with Crippen molar-refractivity contribution < 1.29 is 33.8 Å². The van der Waals surface area contributed by atoms with Gasteiger partial charge in [-0.15, -0.1) is 0 Å². The number of hydrogen-bond acceptors (Lipinski definition) is 6. The Morgan fingerprint density at radius 3 is 2.00 bits per heavy atom. The molecule has 45 heavy (non-hydrogen) atoms. The van der Waals surface area contributed by atoms with Crippen molar-refractivity contribution in [1.29, 1.82) is 0 Å². The molecule has 0 fully saturated rings. The summed E-state index contributed by atoms with van der Waals surface area (Å²) in [7, 11) is 0. The van der Waals surface area contributed by atoms with Crippen LogP contribution in [0.5, 0.6) is 0 Å². The molecule has 0 saturated carbocycles. The molecule has 0 aromatic heterocycles. The van der Waals surface area contributed by atoms with Crippen molar-refractivity contribution in [2.45, 2.75) is 70.1 Å². The quantitative estimate of drug-likeness (QED) is 0.175. The van der Waals surface area contributed by atoms with E-state index in [0.29, 0.717) is 24.9 Å². The molecular weight excluding hydrogens is 574 g/mol. The number of amides is 3. The van der Waals surface area contributed by atoms with Crippen LogP contribution in [0.3, 0.4) is 0 Å². The number of fused-ring (bicyclic) bond motifs is 3. The highest BCUT2D eigenvalue weighted by molar-refractivity contribution is 5.84. The van der Waals surface area contributed by atoms with Gasteiger partial charge in [0.2, 0.25) is 5.91 Å². The van der Waals surface area contributed by atoms with Gasteiger partial charge in [0.1, 0.15) is 18.2 Å². The van der Waals surface area contributed by atoms with E-state index in [2.05, 4.69) is 28.1 Å². The van der Waals surface area contributed by atoms with Crippen molar-refractivity contribution in [1.82, 2.24) is 16.0 Å². The lowest BCUT2D eigenvalue weighted by atomic mass is 9.98. The maximum Gasteiger partial charge on any atom is 0.407 e. The topological polar surface area (TPSA) is 143 Å². The monoisotopic (exact) mass is 615 g/mol. The van der Waals surface area contributed by atoms with Crippen LogP contribution in [0.25, 0.3) is 11.1 Å². The predicted octanol–water partition coefficient (Wildman–Crippen LogP) is 5.92. The van der Waals surface area contributed by atoms with E-state index in [1.165, 1.54) is 0 Å². The minimum atomic E-state index is -1.16. The number of rotatable bonds is 13. The van der Waals surface area contributed by atoms with Gasteiger partial charge in [0.15, 0.2) is 0 Å². The Labute approximate surface area is 263 Å². The Balaban J connectivity index is 1.31. The van der Waals surface area contributed by atoms with Gasteiger partial charge >= 0.3 is 18.2 Å². The minimum Gasteiger partial charge on any atom is -0.480 e. The van der Waals surface area contributed by atoms with Gasteiger partial charge in [-0.25, -0.2) is 14.4 Å². The highest BCUT2D eigenvalue weighted by Crippen LogP contribution is 2.44. The fraction of sp³-hybridized carbons (Fsp3) is 0.371. The van der Waals surface area contributed by atoms with Crippen LogP contribution < -0.4 is 16.0 Å². The van der Waals surface area contributed by atoms with Crippen LogP contribution in [-0.4, -0.2) is 54.0 Å². The van der Waals surface area contributed by atoms with Gasteiger partial charge in [0.05, 0.1) is 12.5 Å². The average Bonchev–Trinajstić information content (AvgIpc) is 3.32. The number of unbranched alkanes of at least 4 members (excludes halogenated alkanes) is 1. The molecule has 0 radical (unpaired) electrons. The Morgan fingerprint density at radius 1 is 0.800 bits per heavy atom. The fourth-order valence-electron chi connectivity index (χ4n) is 5.39. The summed E-state index contributed by atoms with van der Waals surface area (Å²) in [6, 6.07) is 23.2. The largest absolute Gasteiger partial charge is 0.480 e. The molecule has 1 aliphatic rings. The second-order valence-corrected chi connectivity index (χ2v) is 12.0. The SMILES string of the molecule is CC(C)(C)OC(=O)NCCCC[C@@H](NC(=O)CC(NC(=O)OCC1c2ccccc2-c2ccccc21)c1ccccc1)C(=O)O. The van der Waals surface area contributed by atoms with Crippen molar-refractivity contribution in [3.05, 3.63) is 95.6 Å². The van der Waals surface area contributed by atoms with Gasteiger partial charge in [-0.05, 0) is 67.9 Å².